The number of hydrogen-bond acceptors (Lipinski definition) is 3. The fourth-order valence-electron chi connectivity index (χ4n) is 5.62. The van der Waals surface area contributed by atoms with Crippen LogP contribution in [0.4, 0.5) is 4.39 Å². The molecule has 162 valence electrons. The van der Waals surface area contributed by atoms with Gasteiger partial charge in [-0.25, -0.2) is 4.39 Å². The summed E-state index contributed by atoms with van der Waals surface area (Å²) in [5, 5.41) is 1.27. The lowest BCUT2D eigenvalue weighted by Crippen LogP contribution is -2.43. The highest BCUT2D eigenvalue weighted by molar-refractivity contribution is 5.85. The van der Waals surface area contributed by atoms with E-state index in [-0.39, 0.29) is 17.9 Å². The molecule has 2 atom stereocenters. The van der Waals surface area contributed by atoms with Crippen LogP contribution in [0.5, 0.6) is 11.5 Å². The van der Waals surface area contributed by atoms with Gasteiger partial charge >= 0.3 is 0 Å². The number of para-hydroxylation sites is 1. The molecule has 1 N–H and O–H groups in total. The number of halogens is 1. The standard InChI is InChI=1S/C27H25FN2O2/c1-31-24-13-17-11-12-30-23(20(17)15-25(24)32-2)14-21-19-5-3-4-6-22(19)29-26(21)27(30)16-7-9-18(28)10-8-16/h3-10,13,15,23,27,29H,11-12,14H2,1-2H3/t23?,27-/m0/s1. The first-order valence-corrected chi connectivity index (χ1v) is 11.0. The number of methoxy groups -OCH3 is 2. The molecule has 0 radical (unpaired) electrons. The Kier molecular flexibility index (Phi) is 4.47. The van der Waals surface area contributed by atoms with E-state index in [1.54, 1.807) is 26.4 Å². The normalized spacial score (nSPS) is 19.8. The monoisotopic (exact) mass is 428 g/mol. The molecular formula is C27H25FN2O2. The molecule has 0 amide bonds. The molecule has 2 aliphatic rings. The van der Waals surface area contributed by atoms with Gasteiger partial charge in [0.25, 0.3) is 0 Å². The average molecular weight is 429 g/mol. The molecule has 1 unspecified atom stereocenters. The first kappa shape index (κ1) is 19.4. The van der Waals surface area contributed by atoms with E-state index in [0.717, 1.165) is 42.0 Å². The minimum Gasteiger partial charge on any atom is -0.493 e. The minimum atomic E-state index is -0.209. The summed E-state index contributed by atoms with van der Waals surface area (Å²) in [5.41, 5.74) is 7.42. The number of rotatable bonds is 3. The molecule has 1 aromatic heterocycles. The Morgan fingerprint density at radius 3 is 2.50 bits per heavy atom. The molecule has 0 bridgehead atoms. The van der Waals surface area contributed by atoms with Gasteiger partial charge in [0, 0.05) is 29.2 Å². The number of H-pyrrole nitrogens is 1. The smallest absolute Gasteiger partial charge is 0.161 e. The van der Waals surface area contributed by atoms with Crippen molar-refractivity contribution in [2.24, 2.45) is 0 Å². The first-order valence-electron chi connectivity index (χ1n) is 11.0. The fraction of sp³-hybridized carbons (Fsp3) is 0.259. The van der Waals surface area contributed by atoms with Crippen molar-refractivity contribution in [3.8, 4) is 11.5 Å². The number of nitrogens with one attached hydrogen (secondary N) is 1. The second-order valence-electron chi connectivity index (χ2n) is 8.63. The van der Waals surface area contributed by atoms with E-state index in [1.165, 1.54) is 27.8 Å². The summed E-state index contributed by atoms with van der Waals surface area (Å²) in [7, 11) is 3.37. The van der Waals surface area contributed by atoms with Crippen LogP contribution in [0.3, 0.4) is 0 Å². The molecule has 4 aromatic rings. The second kappa shape index (κ2) is 7.38. The van der Waals surface area contributed by atoms with Crippen molar-refractivity contribution in [3.63, 3.8) is 0 Å². The number of nitrogens with zero attached hydrogens (tertiary/aromatic N) is 1. The maximum atomic E-state index is 13.8. The van der Waals surface area contributed by atoms with E-state index < -0.39 is 0 Å². The van der Waals surface area contributed by atoms with Gasteiger partial charge in [-0.3, -0.25) is 4.90 Å². The van der Waals surface area contributed by atoms with E-state index in [1.807, 2.05) is 12.1 Å². The molecule has 0 spiro atoms. The van der Waals surface area contributed by atoms with Crippen LogP contribution in [0.25, 0.3) is 10.9 Å². The van der Waals surface area contributed by atoms with Crippen LogP contribution in [0.1, 0.15) is 40.0 Å². The largest absolute Gasteiger partial charge is 0.493 e. The SMILES string of the molecule is COc1cc2c(cc1OC)C1Cc3c([nH]c4ccccc34)[C@H](c3ccc(F)cc3)N1CC2. The molecule has 6 rings (SSSR count). The molecule has 0 saturated heterocycles. The van der Waals surface area contributed by atoms with Gasteiger partial charge in [0.05, 0.1) is 20.3 Å². The van der Waals surface area contributed by atoms with Crippen LogP contribution in [0, 0.1) is 5.82 Å². The van der Waals surface area contributed by atoms with E-state index in [2.05, 4.69) is 46.3 Å². The van der Waals surface area contributed by atoms with Gasteiger partial charge in [-0.15, -0.1) is 0 Å². The highest BCUT2D eigenvalue weighted by Gasteiger charge is 2.41. The van der Waals surface area contributed by atoms with E-state index in [9.17, 15) is 4.39 Å². The Morgan fingerprint density at radius 2 is 1.72 bits per heavy atom. The fourth-order valence-corrected chi connectivity index (χ4v) is 5.62. The first-order chi connectivity index (χ1) is 15.7. The predicted octanol–water partition coefficient (Wildman–Crippen LogP) is 5.57. The summed E-state index contributed by atoms with van der Waals surface area (Å²) in [6.45, 7) is 0.921. The lowest BCUT2D eigenvalue weighted by molar-refractivity contribution is 0.127. The van der Waals surface area contributed by atoms with Crippen LogP contribution in [0.15, 0.2) is 60.7 Å². The van der Waals surface area contributed by atoms with Crippen molar-refractivity contribution >= 4 is 10.9 Å². The van der Waals surface area contributed by atoms with Crippen LogP contribution < -0.4 is 9.47 Å². The molecule has 0 saturated carbocycles. The quantitative estimate of drug-likeness (QED) is 0.464. The zero-order valence-electron chi connectivity index (χ0n) is 18.2. The van der Waals surface area contributed by atoms with Crippen molar-refractivity contribution in [1.29, 1.82) is 0 Å². The number of fused-ring (bicyclic) bond motifs is 6. The number of benzene rings is 3. The Morgan fingerprint density at radius 1 is 0.969 bits per heavy atom. The number of aromatic nitrogens is 1. The molecular weight excluding hydrogens is 403 g/mol. The summed E-state index contributed by atoms with van der Waals surface area (Å²) < 4.78 is 25.0. The van der Waals surface area contributed by atoms with E-state index >= 15 is 0 Å². The van der Waals surface area contributed by atoms with E-state index in [4.69, 9.17) is 9.47 Å². The molecule has 3 heterocycles. The minimum absolute atomic E-state index is 0.0398. The summed E-state index contributed by atoms with van der Waals surface area (Å²) in [4.78, 5) is 6.25. The van der Waals surface area contributed by atoms with Crippen molar-refractivity contribution in [2.75, 3.05) is 20.8 Å². The highest BCUT2D eigenvalue weighted by Crippen LogP contribution is 2.49. The molecule has 5 heteroatoms. The molecule has 0 fully saturated rings. The third-order valence-corrected chi connectivity index (χ3v) is 7.08. The maximum absolute atomic E-state index is 13.8. The zero-order valence-corrected chi connectivity index (χ0v) is 18.2. The van der Waals surface area contributed by atoms with Gasteiger partial charge < -0.3 is 14.5 Å². The zero-order chi connectivity index (χ0) is 21.8. The molecule has 4 nitrogen and oxygen atoms in total. The van der Waals surface area contributed by atoms with Gasteiger partial charge in [0.15, 0.2) is 11.5 Å². The summed E-state index contributed by atoms with van der Waals surface area (Å²) in [6, 6.07) is 20.0. The topological polar surface area (TPSA) is 37.5 Å². The average Bonchev–Trinajstić information content (AvgIpc) is 3.20. The van der Waals surface area contributed by atoms with Crippen molar-refractivity contribution in [1.82, 2.24) is 9.88 Å². The number of ether oxygens (including phenoxy) is 2. The van der Waals surface area contributed by atoms with Gasteiger partial charge in [0.2, 0.25) is 0 Å². The van der Waals surface area contributed by atoms with Crippen molar-refractivity contribution < 1.29 is 13.9 Å². The van der Waals surface area contributed by atoms with Crippen LogP contribution in [0.2, 0.25) is 0 Å². The molecule has 0 aliphatic carbocycles. The lowest BCUT2D eigenvalue weighted by atomic mass is 9.80. The summed E-state index contributed by atoms with van der Waals surface area (Å²) >= 11 is 0. The maximum Gasteiger partial charge on any atom is 0.161 e. The van der Waals surface area contributed by atoms with Crippen molar-refractivity contribution in [2.45, 2.75) is 24.9 Å². The van der Waals surface area contributed by atoms with Gasteiger partial charge in [-0.2, -0.15) is 0 Å². The van der Waals surface area contributed by atoms with Gasteiger partial charge in [-0.05, 0) is 65.4 Å². The van der Waals surface area contributed by atoms with Crippen molar-refractivity contribution in [3.05, 3.63) is 94.4 Å². The Bertz CT molecular complexity index is 1310. The Hall–Kier alpha value is -3.31. The predicted molar refractivity (Wildman–Crippen MR) is 123 cm³/mol. The number of hydrogen-bond donors (Lipinski definition) is 1. The van der Waals surface area contributed by atoms with Crippen LogP contribution >= 0.6 is 0 Å². The van der Waals surface area contributed by atoms with Crippen LogP contribution in [-0.2, 0) is 12.8 Å². The van der Waals surface area contributed by atoms with Crippen LogP contribution in [-0.4, -0.2) is 30.6 Å². The lowest BCUT2D eigenvalue weighted by Gasteiger charge is -2.46. The Balaban J connectivity index is 1.56. The summed E-state index contributed by atoms with van der Waals surface area (Å²) in [5.74, 6) is 1.33. The second-order valence-corrected chi connectivity index (χ2v) is 8.63. The molecule has 32 heavy (non-hydrogen) atoms. The summed E-state index contributed by atoms with van der Waals surface area (Å²) in [6.07, 6.45) is 1.85. The third kappa shape index (κ3) is 2.84. The molecule has 2 aliphatic heterocycles. The van der Waals surface area contributed by atoms with Gasteiger partial charge in [0.1, 0.15) is 5.82 Å². The Labute approximate surface area is 186 Å². The van der Waals surface area contributed by atoms with E-state index in [0.29, 0.717) is 0 Å². The molecule has 3 aromatic carbocycles. The highest BCUT2D eigenvalue weighted by atomic mass is 19.1. The third-order valence-electron chi connectivity index (χ3n) is 7.08. The van der Waals surface area contributed by atoms with Gasteiger partial charge in [-0.1, -0.05) is 30.3 Å². The number of aromatic amines is 1.